The van der Waals surface area contributed by atoms with Crippen LogP contribution >= 0.6 is 0 Å². The Morgan fingerprint density at radius 1 is 1.00 bits per heavy atom. The molecule has 0 unspecified atom stereocenters. The van der Waals surface area contributed by atoms with E-state index in [1.807, 2.05) is 24.3 Å². The van der Waals surface area contributed by atoms with E-state index < -0.39 is 41.9 Å². The third kappa shape index (κ3) is 4.22. The number of hydrogen-bond acceptors (Lipinski definition) is 5. The van der Waals surface area contributed by atoms with Gasteiger partial charge in [-0.2, -0.15) is 0 Å². The number of ether oxygens (including phenoxy) is 2. The fraction of sp³-hybridized carbons (Fsp3) is 0.444. The zero-order valence-electron chi connectivity index (χ0n) is 20.1. The number of likely N-dealkylation sites (tertiary alicyclic amines) is 1. The van der Waals surface area contributed by atoms with Crippen molar-refractivity contribution in [3.63, 3.8) is 0 Å². The number of fused-ring (bicyclic) bond motifs is 5. The first-order chi connectivity index (χ1) is 16.6. The number of aliphatic carboxylic acids is 1. The smallest absolute Gasteiger partial charge is 0.411 e. The molecular formula is C27H30N2O6. The zero-order chi connectivity index (χ0) is 24.9. The molecule has 4 atom stereocenters. The highest BCUT2D eigenvalue weighted by Gasteiger charge is 2.57. The van der Waals surface area contributed by atoms with Gasteiger partial charge < -0.3 is 19.9 Å². The van der Waals surface area contributed by atoms with Gasteiger partial charge in [0.15, 0.2) is 0 Å². The van der Waals surface area contributed by atoms with Gasteiger partial charge in [0, 0.05) is 5.92 Å². The highest BCUT2D eigenvalue weighted by molar-refractivity contribution is 5.83. The number of carbonyl (C=O) groups excluding carboxylic acids is 2. The first kappa shape index (κ1) is 23.2. The number of hydrogen-bond donors (Lipinski definition) is 2. The third-order valence-electron chi connectivity index (χ3n) is 7.17. The number of piperidine rings is 1. The molecule has 1 aliphatic heterocycles. The standard InChI is InChI=1S/C27H30N2O6/c1-27(2,3)35-26(33)29-22-13-15(23(29)24(30)31)12-21(22)28-25(32)34-14-20-18-10-6-4-8-16(18)17-9-5-7-11-19(17)20/h4-11,15,20-23H,12-14H2,1-3H3,(H,28,32)(H,30,31)/t15-,21+,22-,23+/m1/s1. The van der Waals surface area contributed by atoms with Crippen molar-refractivity contribution in [3.05, 3.63) is 59.7 Å². The van der Waals surface area contributed by atoms with Crippen molar-refractivity contribution in [2.24, 2.45) is 5.92 Å². The molecule has 3 aliphatic rings. The number of rotatable bonds is 4. The van der Waals surface area contributed by atoms with Gasteiger partial charge in [0.2, 0.25) is 0 Å². The van der Waals surface area contributed by atoms with Crippen molar-refractivity contribution >= 4 is 18.2 Å². The molecule has 8 heteroatoms. The highest BCUT2D eigenvalue weighted by atomic mass is 16.6. The van der Waals surface area contributed by atoms with E-state index in [1.165, 1.54) is 4.90 Å². The van der Waals surface area contributed by atoms with Crippen LogP contribution in [0.25, 0.3) is 11.1 Å². The third-order valence-corrected chi connectivity index (χ3v) is 7.17. The van der Waals surface area contributed by atoms with E-state index in [0.717, 1.165) is 22.3 Å². The van der Waals surface area contributed by atoms with Crippen molar-refractivity contribution < 1.29 is 29.0 Å². The highest BCUT2D eigenvalue weighted by Crippen LogP contribution is 2.45. The minimum atomic E-state index is -1.05. The summed E-state index contributed by atoms with van der Waals surface area (Å²) in [6, 6.07) is 14.5. The van der Waals surface area contributed by atoms with Crippen LogP contribution in [-0.2, 0) is 14.3 Å². The van der Waals surface area contributed by atoms with Crippen LogP contribution in [0, 0.1) is 5.92 Å². The van der Waals surface area contributed by atoms with Crippen molar-refractivity contribution in [3.8, 4) is 11.1 Å². The van der Waals surface area contributed by atoms with E-state index in [4.69, 9.17) is 9.47 Å². The molecule has 0 radical (unpaired) electrons. The maximum Gasteiger partial charge on any atom is 0.411 e. The van der Waals surface area contributed by atoms with Gasteiger partial charge in [-0.3, -0.25) is 4.90 Å². The molecule has 1 saturated carbocycles. The average molecular weight is 479 g/mol. The first-order valence-corrected chi connectivity index (χ1v) is 12.0. The summed E-state index contributed by atoms with van der Waals surface area (Å²) < 4.78 is 11.1. The molecule has 2 aromatic carbocycles. The predicted octanol–water partition coefficient (Wildman–Crippen LogP) is 4.38. The SMILES string of the molecule is CC(C)(C)OC(=O)N1[C@@H]2C[C@@H](C[C@@H]2NC(=O)OCC2c3ccccc3-c3ccccc32)[C@H]1C(=O)O. The number of carbonyl (C=O) groups is 3. The lowest BCUT2D eigenvalue weighted by Crippen LogP contribution is -2.58. The van der Waals surface area contributed by atoms with Gasteiger partial charge in [-0.25, -0.2) is 14.4 Å². The van der Waals surface area contributed by atoms with Gasteiger partial charge in [0.1, 0.15) is 18.2 Å². The summed E-state index contributed by atoms with van der Waals surface area (Å²) in [6.45, 7) is 5.40. The van der Waals surface area contributed by atoms with Crippen molar-refractivity contribution in [1.82, 2.24) is 10.2 Å². The molecule has 0 spiro atoms. The molecular weight excluding hydrogens is 448 g/mol. The first-order valence-electron chi connectivity index (χ1n) is 12.0. The summed E-state index contributed by atoms with van der Waals surface area (Å²) in [5.74, 6) is -1.35. The van der Waals surface area contributed by atoms with Gasteiger partial charge in [-0.15, -0.1) is 0 Å². The zero-order valence-corrected chi connectivity index (χ0v) is 20.1. The van der Waals surface area contributed by atoms with Gasteiger partial charge in [-0.1, -0.05) is 48.5 Å². The van der Waals surface area contributed by atoms with E-state index in [2.05, 4.69) is 29.6 Å². The molecule has 1 heterocycles. The summed E-state index contributed by atoms with van der Waals surface area (Å²) >= 11 is 0. The number of nitrogens with one attached hydrogen (secondary N) is 1. The van der Waals surface area contributed by atoms with E-state index in [9.17, 15) is 19.5 Å². The molecule has 5 rings (SSSR count). The average Bonchev–Trinajstić information content (AvgIpc) is 3.46. The molecule has 2 bridgehead atoms. The largest absolute Gasteiger partial charge is 0.480 e. The van der Waals surface area contributed by atoms with Gasteiger partial charge in [0.25, 0.3) is 0 Å². The van der Waals surface area contributed by atoms with Crippen LogP contribution < -0.4 is 5.32 Å². The van der Waals surface area contributed by atoms with Crippen molar-refractivity contribution in [2.75, 3.05) is 6.61 Å². The summed E-state index contributed by atoms with van der Waals surface area (Å²) in [7, 11) is 0. The molecule has 8 nitrogen and oxygen atoms in total. The molecule has 0 aromatic heterocycles. The van der Waals surface area contributed by atoms with E-state index >= 15 is 0 Å². The van der Waals surface area contributed by atoms with Crippen LogP contribution in [0.4, 0.5) is 9.59 Å². The van der Waals surface area contributed by atoms with Gasteiger partial charge in [-0.05, 0) is 61.8 Å². The molecule has 2 fully saturated rings. The lowest BCUT2D eigenvalue weighted by molar-refractivity contribution is -0.145. The fourth-order valence-corrected chi connectivity index (χ4v) is 5.88. The topological polar surface area (TPSA) is 105 Å². The summed E-state index contributed by atoms with van der Waals surface area (Å²) in [4.78, 5) is 38.8. The number of amides is 2. The Morgan fingerprint density at radius 2 is 1.60 bits per heavy atom. The molecule has 2 aliphatic carbocycles. The van der Waals surface area contributed by atoms with E-state index in [-0.39, 0.29) is 18.4 Å². The lowest BCUT2D eigenvalue weighted by atomic mass is 9.97. The molecule has 2 amide bonds. The second-order valence-corrected chi connectivity index (χ2v) is 10.5. The molecule has 2 aromatic rings. The Kier molecular flexibility index (Phi) is 5.69. The van der Waals surface area contributed by atoms with Crippen molar-refractivity contribution in [1.29, 1.82) is 0 Å². The monoisotopic (exact) mass is 478 g/mol. The second kappa shape index (κ2) is 8.59. The summed E-state index contributed by atoms with van der Waals surface area (Å²) in [6.07, 6.45) is -0.257. The second-order valence-electron chi connectivity index (χ2n) is 10.5. The number of carboxylic acids is 1. The molecule has 184 valence electrons. The quantitative estimate of drug-likeness (QED) is 0.676. The number of alkyl carbamates (subject to hydrolysis) is 1. The van der Waals surface area contributed by atoms with Crippen molar-refractivity contribution in [2.45, 2.75) is 63.3 Å². The Bertz CT molecular complexity index is 1130. The maximum atomic E-state index is 12.8. The van der Waals surface area contributed by atoms with Crippen LogP contribution in [0.2, 0.25) is 0 Å². The molecule has 1 saturated heterocycles. The normalized spacial score (nSPS) is 24.6. The van der Waals surface area contributed by atoms with Crippen LogP contribution in [0.5, 0.6) is 0 Å². The number of nitrogens with zero attached hydrogens (tertiary/aromatic N) is 1. The Hall–Kier alpha value is -3.55. The summed E-state index contributed by atoms with van der Waals surface area (Å²) in [5.41, 5.74) is 3.80. The Labute approximate surface area is 204 Å². The van der Waals surface area contributed by atoms with Crippen LogP contribution in [0.3, 0.4) is 0 Å². The Morgan fingerprint density at radius 3 is 2.17 bits per heavy atom. The van der Waals surface area contributed by atoms with Crippen LogP contribution in [0.15, 0.2) is 48.5 Å². The van der Waals surface area contributed by atoms with E-state index in [1.54, 1.807) is 20.8 Å². The number of benzene rings is 2. The van der Waals surface area contributed by atoms with Crippen LogP contribution in [0.1, 0.15) is 50.7 Å². The van der Waals surface area contributed by atoms with Gasteiger partial charge in [0.05, 0.1) is 12.1 Å². The Balaban J connectivity index is 1.26. The summed E-state index contributed by atoms with van der Waals surface area (Å²) in [5, 5.41) is 12.6. The lowest BCUT2D eigenvalue weighted by Gasteiger charge is -2.38. The van der Waals surface area contributed by atoms with Crippen LogP contribution in [-0.4, -0.2) is 58.5 Å². The number of carboxylic acid groups (broad SMARTS) is 1. The fourth-order valence-electron chi connectivity index (χ4n) is 5.88. The maximum absolute atomic E-state index is 12.8. The minimum absolute atomic E-state index is 0.0529. The predicted molar refractivity (Wildman–Crippen MR) is 128 cm³/mol. The molecule has 35 heavy (non-hydrogen) atoms. The molecule has 2 N–H and O–H groups in total. The van der Waals surface area contributed by atoms with E-state index in [0.29, 0.717) is 12.8 Å². The van der Waals surface area contributed by atoms with Gasteiger partial charge >= 0.3 is 18.2 Å². The minimum Gasteiger partial charge on any atom is -0.480 e.